The zero-order chi connectivity index (χ0) is 12.4. The summed E-state index contributed by atoms with van der Waals surface area (Å²) in [6.07, 6.45) is 1.48. The van der Waals surface area contributed by atoms with Crippen LogP contribution in [0.15, 0.2) is 64.8 Å². The molecule has 4 heteroatoms. The first-order valence-corrected chi connectivity index (χ1v) is 6.65. The van der Waals surface area contributed by atoms with E-state index in [1.165, 1.54) is 17.1 Å². The smallest absolute Gasteiger partial charge is 0.133 e. The van der Waals surface area contributed by atoms with Crippen molar-refractivity contribution in [1.29, 1.82) is 0 Å². The van der Waals surface area contributed by atoms with Gasteiger partial charge < -0.3 is 0 Å². The van der Waals surface area contributed by atoms with E-state index in [9.17, 15) is 0 Å². The van der Waals surface area contributed by atoms with Crippen molar-refractivity contribution in [2.75, 3.05) is 0 Å². The van der Waals surface area contributed by atoms with Crippen LogP contribution in [0, 0.1) is 0 Å². The molecule has 0 bridgehead atoms. The zero-order valence-electron chi connectivity index (χ0n) is 9.38. The van der Waals surface area contributed by atoms with Gasteiger partial charge in [0.25, 0.3) is 0 Å². The van der Waals surface area contributed by atoms with Gasteiger partial charge in [0, 0.05) is 11.0 Å². The van der Waals surface area contributed by atoms with Crippen LogP contribution in [0.2, 0.25) is 5.15 Å². The third kappa shape index (κ3) is 2.47. The van der Waals surface area contributed by atoms with E-state index in [1.807, 2.05) is 12.1 Å². The van der Waals surface area contributed by atoms with Gasteiger partial charge >= 0.3 is 0 Å². The molecule has 0 saturated heterocycles. The first kappa shape index (κ1) is 11.5. The Morgan fingerprint density at radius 3 is 2.56 bits per heavy atom. The molecule has 0 aliphatic rings. The summed E-state index contributed by atoms with van der Waals surface area (Å²) in [5.41, 5.74) is 0. The summed E-state index contributed by atoms with van der Waals surface area (Å²) in [6.45, 7) is 0. The molecule has 0 N–H and O–H groups in total. The highest BCUT2D eigenvalue weighted by molar-refractivity contribution is 7.99. The molecule has 0 fully saturated rings. The van der Waals surface area contributed by atoms with Crippen molar-refractivity contribution < 1.29 is 0 Å². The van der Waals surface area contributed by atoms with Crippen molar-refractivity contribution in [3.63, 3.8) is 0 Å². The lowest BCUT2D eigenvalue weighted by atomic mass is 10.1. The minimum atomic E-state index is 0.466. The second-order valence-electron chi connectivity index (χ2n) is 3.79. The van der Waals surface area contributed by atoms with E-state index in [0.717, 1.165) is 9.92 Å². The van der Waals surface area contributed by atoms with E-state index >= 15 is 0 Å². The number of aromatic nitrogens is 2. The summed E-state index contributed by atoms with van der Waals surface area (Å²) in [7, 11) is 0. The largest absolute Gasteiger partial charge is 0.230 e. The average Bonchev–Trinajstić information content (AvgIpc) is 2.39. The van der Waals surface area contributed by atoms with Gasteiger partial charge in [-0.2, -0.15) is 0 Å². The van der Waals surface area contributed by atoms with Gasteiger partial charge in [0.1, 0.15) is 16.5 Å². The molecule has 0 spiro atoms. The average molecular weight is 273 g/mol. The zero-order valence-corrected chi connectivity index (χ0v) is 10.9. The molecule has 0 unspecified atom stereocenters. The number of nitrogens with zero attached hydrogens (tertiary/aromatic N) is 2. The first-order chi connectivity index (χ1) is 8.81. The van der Waals surface area contributed by atoms with Crippen LogP contribution in [0.4, 0.5) is 0 Å². The fourth-order valence-electron chi connectivity index (χ4n) is 1.72. The maximum atomic E-state index is 5.84. The molecule has 0 aliphatic heterocycles. The predicted molar refractivity (Wildman–Crippen MR) is 75.1 cm³/mol. The molecular formula is C14H9ClN2S. The van der Waals surface area contributed by atoms with Crippen LogP contribution in [0.1, 0.15) is 0 Å². The SMILES string of the molecule is Clc1cc(Sc2ccc3ccccc3c2)ncn1. The second-order valence-corrected chi connectivity index (χ2v) is 5.27. The van der Waals surface area contributed by atoms with Crippen molar-refractivity contribution >= 4 is 34.1 Å². The molecule has 1 heterocycles. The Hall–Kier alpha value is -1.58. The van der Waals surface area contributed by atoms with E-state index in [0.29, 0.717) is 5.15 Å². The van der Waals surface area contributed by atoms with Crippen molar-refractivity contribution in [1.82, 2.24) is 9.97 Å². The van der Waals surface area contributed by atoms with Gasteiger partial charge in [-0.05, 0) is 22.9 Å². The molecule has 0 radical (unpaired) electrons. The van der Waals surface area contributed by atoms with Gasteiger partial charge in [-0.3, -0.25) is 0 Å². The Morgan fingerprint density at radius 1 is 0.889 bits per heavy atom. The third-order valence-electron chi connectivity index (χ3n) is 2.55. The normalized spacial score (nSPS) is 10.7. The van der Waals surface area contributed by atoms with Gasteiger partial charge in [0.15, 0.2) is 0 Å². The lowest BCUT2D eigenvalue weighted by molar-refractivity contribution is 1.05. The van der Waals surface area contributed by atoms with Crippen molar-refractivity contribution in [3.05, 3.63) is 60.0 Å². The van der Waals surface area contributed by atoms with Crippen LogP contribution in [-0.2, 0) is 0 Å². The topological polar surface area (TPSA) is 25.8 Å². The van der Waals surface area contributed by atoms with Gasteiger partial charge in [-0.25, -0.2) is 9.97 Å². The molecular weight excluding hydrogens is 264 g/mol. The molecule has 2 aromatic carbocycles. The summed E-state index contributed by atoms with van der Waals surface area (Å²) in [5.74, 6) is 0. The van der Waals surface area contributed by atoms with Crippen molar-refractivity contribution in [3.8, 4) is 0 Å². The van der Waals surface area contributed by atoms with Gasteiger partial charge in [-0.1, -0.05) is 53.7 Å². The lowest BCUT2D eigenvalue weighted by Gasteiger charge is -2.03. The molecule has 0 amide bonds. The molecule has 1 aromatic heterocycles. The number of halogens is 1. The summed E-state index contributed by atoms with van der Waals surface area (Å²) >= 11 is 7.42. The van der Waals surface area contributed by atoms with Crippen LogP contribution in [0.25, 0.3) is 10.8 Å². The monoisotopic (exact) mass is 272 g/mol. The first-order valence-electron chi connectivity index (χ1n) is 5.45. The summed E-state index contributed by atoms with van der Waals surface area (Å²) in [4.78, 5) is 9.20. The second kappa shape index (κ2) is 4.96. The Labute approximate surface area is 114 Å². The Bertz CT molecular complexity index is 700. The van der Waals surface area contributed by atoms with Gasteiger partial charge in [0.05, 0.1) is 0 Å². The fourth-order valence-corrected chi connectivity index (χ4v) is 2.77. The van der Waals surface area contributed by atoms with Crippen LogP contribution in [-0.4, -0.2) is 9.97 Å². The van der Waals surface area contributed by atoms with Crippen LogP contribution < -0.4 is 0 Å². The molecule has 2 nitrogen and oxygen atoms in total. The summed E-state index contributed by atoms with van der Waals surface area (Å²) < 4.78 is 0. The van der Waals surface area contributed by atoms with E-state index in [2.05, 4.69) is 40.3 Å². The molecule has 0 atom stereocenters. The highest BCUT2D eigenvalue weighted by Gasteiger charge is 2.01. The van der Waals surface area contributed by atoms with Crippen LogP contribution in [0.3, 0.4) is 0 Å². The van der Waals surface area contributed by atoms with Crippen LogP contribution in [0.5, 0.6) is 0 Å². The molecule has 0 aliphatic carbocycles. The van der Waals surface area contributed by atoms with Gasteiger partial charge in [0.2, 0.25) is 0 Å². The lowest BCUT2D eigenvalue weighted by Crippen LogP contribution is -1.82. The van der Waals surface area contributed by atoms with E-state index < -0.39 is 0 Å². The number of hydrogen-bond acceptors (Lipinski definition) is 3. The molecule has 0 saturated carbocycles. The molecule has 18 heavy (non-hydrogen) atoms. The van der Waals surface area contributed by atoms with Crippen LogP contribution >= 0.6 is 23.4 Å². The minimum Gasteiger partial charge on any atom is -0.230 e. The predicted octanol–water partition coefficient (Wildman–Crippen LogP) is 4.43. The number of benzene rings is 2. The van der Waals surface area contributed by atoms with Gasteiger partial charge in [-0.15, -0.1) is 0 Å². The van der Waals surface area contributed by atoms with Crippen molar-refractivity contribution in [2.24, 2.45) is 0 Å². The summed E-state index contributed by atoms with van der Waals surface area (Å²) in [6, 6.07) is 16.4. The van der Waals surface area contributed by atoms with E-state index in [4.69, 9.17) is 11.6 Å². The molecule has 88 valence electrons. The Kier molecular flexibility index (Phi) is 3.17. The quantitative estimate of drug-likeness (QED) is 0.645. The standard InChI is InChI=1S/C14H9ClN2S/c15-13-8-14(17-9-16-13)18-12-6-5-10-3-1-2-4-11(10)7-12/h1-9H. The molecule has 3 aromatic rings. The molecule has 3 rings (SSSR count). The number of fused-ring (bicyclic) bond motifs is 1. The van der Waals surface area contributed by atoms with E-state index in [-0.39, 0.29) is 0 Å². The Balaban J connectivity index is 1.95. The fraction of sp³-hybridized carbons (Fsp3) is 0. The maximum absolute atomic E-state index is 5.84. The Morgan fingerprint density at radius 2 is 1.72 bits per heavy atom. The van der Waals surface area contributed by atoms with E-state index in [1.54, 1.807) is 17.8 Å². The summed E-state index contributed by atoms with van der Waals surface area (Å²) in [5, 5.41) is 3.78. The maximum Gasteiger partial charge on any atom is 0.133 e. The van der Waals surface area contributed by atoms with Crippen molar-refractivity contribution in [2.45, 2.75) is 9.92 Å². The number of hydrogen-bond donors (Lipinski definition) is 0. The third-order valence-corrected chi connectivity index (χ3v) is 3.68. The highest BCUT2D eigenvalue weighted by Crippen LogP contribution is 2.29. The number of rotatable bonds is 2. The minimum absolute atomic E-state index is 0.466. The highest BCUT2D eigenvalue weighted by atomic mass is 35.5.